The van der Waals surface area contributed by atoms with E-state index in [-0.39, 0.29) is 18.3 Å². The van der Waals surface area contributed by atoms with Crippen molar-refractivity contribution in [1.82, 2.24) is 4.90 Å². The molecule has 1 aromatic carbocycles. The predicted octanol–water partition coefficient (Wildman–Crippen LogP) is 2.27. The molecule has 0 unspecified atom stereocenters. The topological polar surface area (TPSA) is 46.6 Å². The fourth-order valence-corrected chi connectivity index (χ4v) is 1.94. The first-order chi connectivity index (χ1) is 9.13. The van der Waals surface area contributed by atoms with Crippen LogP contribution in [-0.2, 0) is 16.0 Å². The Kier molecular flexibility index (Phi) is 6.06. The smallest absolute Gasteiger partial charge is 0.307 e. The van der Waals surface area contributed by atoms with E-state index in [4.69, 9.17) is 0 Å². The zero-order valence-electron chi connectivity index (χ0n) is 11.8. The molecule has 0 aliphatic rings. The number of aryl methyl sites for hydroxylation is 1. The van der Waals surface area contributed by atoms with E-state index in [1.165, 1.54) is 7.11 Å². The lowest BCUT2D eigenvalue weighted by atomic mass is 10.0. The van der Waals surface area contributed by atoms with Gasteiger partial charge in [-0.05, 0) is 25.0 Å². The highest BCUT2D eigenvalue weighted by molar-refractivity contribution is 5.95. The van der Waals surface area contributed by atoms with Gasteiger partial charge in [0.2, 0.25) is 0 Å². The summed E-state index contributed by atoms with van der Waals surface area (Å²) in [7, 11) is 1.35. The Labute approximate surface area is 114 Å². The fraction of sp³-hybridized carbons (Fsp3) is 0.467. The minimum atomic E-state index is -0.296. The van der Waals surface area contributed by atoms with Crippen molar-refractivity contribution < 1.29 is 14.3 Å². The summed E-state index contributed by atoms with van der Waals surface area (Å²) in [6.45, 7) is 4.90. The number of carbonyl (C=O) groups excluding carboxylic acids is 2. The number of methoxy groups -OCH3 is 1. The van der Waals surface area contributed by atoms with Crippen molar-refractivity contribution in [2.75, 3.05) is 20.2 Å². The number of nitrogens with zero attached hydrogens (tertiary/aromatic N) is 1. The van der Waals surface area contributed by atoms with Gasteiger partial charge in [-0.1, -0.05) is 25.1 Å². The number of hydrogen-bond acceptors (Lipinski definition) is 3. The molecule has 1 amide bonds. The highest BCUT2D eigenvalue weighted by Crippen LogP contribution is 2.13. The second-order valence-corrected chi connectivity index (χ2v) is 4.22. The maximum absolute atomic E-state index is 12.4. The number of carbonyl (C=O) groups is 2. The van der Waals surface area contributed by atoms with Gasteiger partial charge in [0.05, 0.1) is 13.5 Å². The molecule has 0 spiro atoms. The molecule has 104 valence electrons. The van der Waals surface area contributed by atoms with Crippen molar-refractivity contribution in [1.29, 1.82) is 0 Å². The monoisotopic (exact) mass is 263 g/mol. The lowest BCUT2D eigenvalue weighted by Crippen LogP contribution is -2.33. The fourth-order valence-electron chi connectivity index (χ4n) is 1.94. The van der Waals surface area contributed by atoms with Crippen LogP contribution in [0.15, 0.2) is 24.3 Å². The van der Waals surface area contributed by atoms with Gasteiger partial charge in [0.15, 0.2) is 0 Å². The average molecular weight is 263 g/mol. The summed E-state index contributed by atoms with van der Waals surface area (Å²) in [5.41, 5.74) is 1.75. The minimum Gasteiger partial charge on any atom is -0.469 e. The standard InChI is InChI=1S/C15H21NO3/c1-4-12-8-6-7-9-13(12)15(18)16(5-2)11-10-14(17)19-3/h6-9H,4-5,10-11H2,1-3H3. The van der Waals surface area contributed by atoms with Crippen LogP contribution >= 0.6 is 0 Å². The SMILES string of the molecule is CCc1ccccc1C(=O)N(CC)CCC(=O)OC. The summed E-state index contributed by atoms with van der Waals surface area (Å²) in [5.74, 6) is -0.320. The third kappa shape index (κ3) is 4.09. The molecule has 0 aliphatic carbocycles. The molecular formula is C15H21NO3. The Morgan fingerprint density at radius 2 is 1.89 bits per heavy atom. The quantitative estimate of drug-likeness (QED) is 0.740. The second kappa shape index (κ2) is 7.56. The van der Waals surface area contributed by atoms with Gasteiger partial charge in [-0.25, -0.2) is 0 Å². The van der Waals surface area contributed by atoms with Crippen molar-refractivity contribution in [2.45, 2.75) is 26.7 Å². The van der Waals surface area contributed by atoms with Gasteiger partial charge >= 0.3 is 5.97 Å². The Hall–Kier alpha value is -1.84. The number of ether oxygens (including phenoxy) is 1. The maximum atomic E-state index is 12.4. The van der Waals surface area contributed by atoms with Crippen LogP contribution in [-0.4, -0.2) is 37.0 Å². The van der Waals surface area contributed by atoms with Crippen molar-refractivity contribution in [3.8, 4) is 0 Å². The Morgan fingerprint density at radius 3 is 2.47 bits per heavy atom. The Balaban J connectivity index is 2.80. The van der Waals surface area contributed by atoms with E-state index < -0.39 is 0 Å². The van der Waals surface area contributed by atoms with E-state index in [0.717, 1.165) is 17.5 Å². The highest BCUT2D eigenvalue weighted by atomic mass is 16.5. The summed E-state index contributed by atoms with van der Waals surface area (Å²) in [6, 6.07) is 7.59. The van der Waals surface area contributed by atoms with Gasteiger partial charge < -0.3 is 9.64 Å². The molecule has 0 radical (unpaired) electrons. The zero-order chi connectivity index (χ0) is 14.3. The molecule has 4 nitrogen and oxygen atoms in total. The second-order valence-electron chi connectivity index (χ2n) is 4.22. The minimum absolute atomic E-state index is 0.0242. The van der Waals surface area contributed by atoms with E-state index in [9.17, 15) is 9.59 Å². The summed E-state index contributed by atoms with van der Waals surface area (Å²) in [5, 5.41) is 0. The molecule has 0 aromatic heterocycles. The van der Waals surface area contributed by atoms with Gasteiger partial charge in [0, 0.05) is 18.7 Å². The van der Waals surface area contributed by atoms with Gasteiger partial charge in [0.25, 0.3) is 5.91 Å². The zero-order valence-corrected chi connectivity index (χ0v) is 11.8. The van der Waals surface area contributed by atoms with Crippen LogP contribution in [0.1, 0.15) is 36.2 Å². The van der Waals surface area contributed by atoms with Crippen molar-refractivity contribution in [3.05, 3.63) is 35.4 Å². The third-order valence-corrected chi connectivity index (χ3v) is 3.11. The number of benzene rings is 1. The summed E-state index contributed by atoms with van der Waals surface area (Å²) >= 11 is 0. The van der Waals surface area contributed by atoms with E-state index in [0.29, 0.717) is 13.1 Å². The van der Waals surface area contributed by atoms with Crippen molar-refractivity contribution in [2.24, 2.45) is 0 Å². The van der Waals surface area contributed by atoms with Crippen LogP contribution in [0, 0.1) is 0 Å². The third-order valence-electron chi connectivity index (χ3n) is 3.11. The molecule has 0 fully saturated rings. The van der Waals surface area contributed by atoms with Gasteiger partial charge in [-0.15, -0.1) is 0 Å². The van der Waals surface area contributed by atoms with Crippen LogP contribution in [0.2, 0.25) is 0 Å². The molecule has 1 aromatic rings. The van der Waals surface area contributed by atoms with Crippen molar-refractivity contribution in [3.63, 3.8) is 0 Å². The van der Waals surface area contributed by atoms with Gasteiger partial charge in [-0.3, -0.25) is 9.59 Å². The van der Waals surface area contributed by atoms with Crippen molar-refractivity contribution >= 4 is 11.9 Å². The van der Waals surface area contributed by atoms with Gasteiger partial charge in [0.1, 0.15) is 0 Å². The van der Waals surface area contributed by atoms with Gasteiger partial charge in [-0.2, -0.15) is 0 Å². The number of esters is 1. The summed E-state index contributed by atoms with van der Waals surface area (Å²) < 4.78 is 4.60. The highest BCUT2D eigenvalue weighted by Gasteiger charge is 2.17. The Morgan fingerprint density at radius 1 is 1.21 bits per heavy atom. The maximum Gasteiger partial charge on any atom is 0.307 e. The van der Waals surface area contributed by atoms with E-state index in [1.807, 2.05) is 38.1 Å². The molecule has 0 saturated carbocycles. The molecule has 19 heavy (non-hydrogen) atoms. The summed E-state index contributed by atoms with van der Waals surface area (Å²) in [6.07, 6.45) is 1.04. The predicted molar refractivity (Wildman–Crippen MR) is 74.0 cm³/mol. The first kappa shape index (κ1) is 15.2. The molecule has 0 heterocycles. The number of rotatable bonds is 6. The lowest BCUT2D eigenvalue weighted by Gasteiger charge is -2.21. The van der Waals surface area contributed by atoms with E-state index >= 15 is 0 Å². The number of hydrogen-bond donors (Lipinski definition) is 0. The molecule has 0 N–H and O–H groups in total. The van der Waals surface area contributed by atoms with Crippen LogP contribution in [0.25, 0.3) is 0 Å². The van der Waals surface area contributed by atoms with E-state index in [2.05, 4.69) is 4.74 Å². The van der Waals surface area contributed by atoms with Crippen LogP contribution in [0.3, 0.4) is 0 Å². The molecular weight excluding hydrogens is 242 g/mol. The summed E-state index contributed by atoms with van der Waals surface area (Å²) in [4.78, 5) is 25.3. The molecule has 4 heteroatoms. The molecule has 0 aliphatic heterocycles. The Bertz CT molecular complexity index is 443. The lowest BCUT2D eigenvalue weighted by molar-refractivity contribution is -0.140. The molecule has 0 saturated heterocycles. The van der Waals surface area contributed by atoms with Crippen LogP contribution < -0.4 is 0 Å². The average Bonchev–Trinajstić information content (AvgIpc) is 2.47. The molecule has 1 rings (SSSR count). The molecule has 0 bridgehead atoms. The molecule has 0 atom stereocenters. The van der Waals surface area contributed by atoms with Crippen LogP contribution in [0.5, 0.6) is 0 Å². The normalized spacial score (nSPS) is 10.1. The van der Waals surface area contributed by atoms with Crippen LogP contribution in [0.4, 0.5) is 0 Å². The largest absolute Gasteiger partial charge is 0.469 e. The first-order valence-corrected chi connectivity index (χ1v) is 6.58. The number of amides is 1. The first-order valence-electron chi connectivity index (χ1n) is 6.58. The van der Waals surface area contributed by atoms with E-state index in [1.54, 1.807) is 4.90 Å².